The van der Waals surface area contributed by atoms with Crippen LogP contribution in [0.4, 0.5) is 0 Å². The molecule has 0 saturated carbocycles. The van der Waals surface area contributed by atoms with Gasteiger partial charge in [0.05, 0.1) is 10.8 Å². The Bertz CT molecular complexity index is 1680. The van der Waals surface area contributed by atoms with Crippen LogP contribution in [-0.4, -0.2) is 25.2 Å². The van der Waals surface area contributed by atoms with Gasteiger partial charge in [0.25, 0.3) is 10.0 Å². The first-order chi connectivity index (χ1) is 22.4. The number of carbonyl (C=O) groups is 1. The molecule has 0 saturated heterocycles. The van der Waals surface area contributed by atoms with Crippen molar-refractivity contribution in [2.45, 2.75) is 88.4 Å². The van der Waals surface area contributed by atoms with Gasteiger partial charge in [-0.1, -0.05) is 154 Å². The number of fused-ring (bicyclic) bond motifs is 1. The van der Waals surface area contributed by atoms with Gasteiger partial charge in [0, 0.05) is 6.54 Å². The van der Waals surface area contributed by atoms with Crippen molar-refractivity contribution in [2.24, 2.45) is 0 Å². The van der Waals surface area contributed by atoms with Crippen molar-refractivity contribution in [1.29, 1.82) is 0 Å². The van der Waals surface area contributed by atoms with E-state index in [2.05, 4.69) is 42.5 Å². The molecule has 0 aliphatic carbocycles. The van der Waals surface area contributed by atoms with Crippen LogP contribution in [0.2, 0.25) is 0 Å². The minimum absolute atomic E-state index is 0.157. The van der Waals surface area contributed by atoms with Crippen molar-refractivity contribution >= 4 is 27.6 Å². The number of rotatable bonds is 4. The van der Waals surface area contributed by atoms with Crippen molar-refractivity contribution < 1.29 is 13.2 Å². The lowest BCUT2D eigenvalue weighted by Crippen LogP contribution is -2.40. The smallest absolute Gasteiger partial charge is 0.266 e. The van der Waals surface area contributed by atoms with Gasteiger partial charge in [0.2, 0.25) is 5.91 Å². The second-order valence-corrected chi connectivity index (χ2v) is 14.4. The molecule has 0 bridgehead atoms. The van der Waals surface area contributed by atoms with E-state index in [-0.39, 0.29) is 17.3 Å². The highest BCUT2D eigenvalue weighted by atomic mass is 32.2. The fourth-order valence-electron chi connectivity index (χ4n) is 6.42. The van der Waals surface area contributed by atoms with Gasteiger partial charge in [-0.3, -0.25) is 4.79 Å². The molecule has 0 aromatic heterocycles. The Morgan fingerprint density at radius 3 is 1.87 bits per heavy atom. The molecule has 4 aromatic carbocycles. The molecule has 0 spiro atoms. The molecule has 0 N–H and O–H groups in total. The molecule has 1 aliphatic rings. The van der Waals surface area contributed by atoms with Crippen LogP contribution in [0.1, 0.15) is 97.9 Å². The van der Waals surface area contributed by atoms with Gasteiger partial charge in [0.1, 0.15) is 0 Å². The SMILES string of the molecule is Cc1ccc(S(=O)(=O)N2CCCCCCCCCCCc3ccccc3/C=C(\c3ccccc3)CC(c3ccccc3)C2=O)cc1. The van der Waals surface area contributed by atoms with E-state index in [0.29, 0.717) is 12.8 Å². The summed E-state index contributed by atoms with van der Waals surface area (Å²) < 4.78 is 29.7. The average Bonchev–Trinajstić information content (AvgIpc) is 3.08. The van der Waals surface area contributed by atoms with Crippen LogP contribution in [-0.2, 0) is 21.2 Å². The normalized spacial score (nSPS) is 19.2. The largest absolute Gasteiger partial charge is 0.273 e. The van der Waals surface area contributed by atoms with E-state index >= 15 is 0 Å². The number of nitrogens with zero attached hydrogens (tertiary/aromatic N) is 1. The number of benzene rings is 4. The zero-order valence-electron chi connectivity index (χ0n) is 27.1. The van der Waals surface area contributed by atoms with Crippen LogP contribution >= 0.6 is 0 Å². The first-order valence-electron chi connectivity index (χ1n) is 17.0. The van der Waals surface area contributed by atoms with E-state index in [1.54, 1.807) is 24.3 Å². The second kappa shape index (κ2) is 16.6. The maximum absolute atomic E-state index is 14.8. The van der Waals surface area contributed by atoms with Crippen molar-refractivity contribution in [1.82, 2.24) is 4.31 Å². The maximum atomic E-state index is 14.8. The summed E-state index contributed by atoms with van der Waals surface area (Å²) in [5, 5.41) is 0. The summed E-state index contributed by atoms with van der Waals surface area (Å²) in [6.45, 7) is 2.10. The molecule has 5 heteroatoms. The molecule has 0 radical (unpaired) electrons. The zero-order valence-corrected chi connectivity index (χ0v) is 27.9. The molecule has 1 atom stereocenters. The third kappa shape index (κ3) is 8.85. The minimum atomic E-state index is -4.07. The lowest BCUT2D eigenvalue weighted by atomic mass is 9.86. The molecular weight excluding hydrogens is 587 g/mol. The molecule has 5 rings (SSSR count). The van der Waals surface area contributed by atoms with Gasteiger partial charge in [-0.25, -0.2) is 12.7 Å². The lowest BCUT2D eigenvalue weighted by molar-refractivity contribution is -0.128. The Hall–Kier alpha value is -3.96. The molecule has 1 unspecified atom stereocenters. The monoisotopic (exact) mass is 633 g/mol. The van der Waals surface area contributed by atoms with E-state index in [9.17, 15) is 13.2 Å². The molecule has 4 nitrogen and oxygen atoms in total. The van der Waals surface area contributed by atoms with Gasteiger partial charge in [-0.2, -0.15) is 0 Å². The van der Waals surface area contributed by atoms with E-state index in [4.69, 9.17) is 0 Å². The van der Waals surface area contributed by atoms with Crippen molar-refractivity contribution in [3.8, 4) is 0 Å². The Morgan fingerprint density at radius 2 is 1.20 bits per heavy atom. The van der Waals surface area contributed by atoms with Gasteiger partial charge in [0.15, 0.2) is 0 Å². The molecule has 1 heterocycles. The summed E-state index contributed by atoms with van der Waals surface area (Å²) in [5.41, 5.74) is 6.30. The topological polar surface area (TPSA) is 54.5 Å². The minimum Gasteiger partial charge on any atom is -0.273 e. The molecule has 46 heavy (non-hydrogen) atoms. The van der Waals surface area contributed by atoms with Crippen LogP contribution in [0.25, 0.3) is 11.6 Å². The number of sulfonamides is 1. The molecule has 1 amide bonds. The third-order valence-corrected chi connectivity index (χ3v) is 10.9. The Morgan fingerprint density at radius 1 is 0.630 bits per heavy atom. The zero-order chi connectivity index (χ0) is 32.2. The van der Waals surface area contributed by atoms with Gasteiger partial charge >= 0.3 is 0 Å². The molecule has 4 aromatic rings. The number of hydrogen-bond acceptors (Lipinski definition) is 3. The standard InChI is InChI=1S/C41H47NO3S/c1-33-26-28-39(29-27-33)46(44,45)42-30-18-8-6-4-2-3-5-7-11-19-34-22-16-17-25-37(34)31-38(35-20-12-9-13-21-35)32-40(41(42)43)36-23-14-10-15-24-36/h9-10,12-17,20-29,31,40H,2-8,11,18-19,30,32H2,1H3/b38-31-. The van der Waals surface area contributed by atoms with Crippen LogP contribution in [0.3, 0.4) is 0 Å². The average molecular weight is 634 g/mol. The van der Waals surface area contributed by atoms with E-state index in [1.165, 1.54) is 35.6 Å². The Labute approximate surface area is 276 Å². The first kappa shape index (κ1) is 33.4. The molecule has 1 aliphatic heterocycles. The van der Waals surface area contributed by atoms with Crippen molar-refractivity contribution in [3.63, 3.8) is 0 Å². The molecule has 240 valence electrons. The summed E-state index contributed by atoms with van der Waals surface area (Å²) in [5.74, 6) is -1.05. The van der Waals surface area contributed by atoms with Gasteiger partial charge < -0.3 is 0 Å². The van der Waals surface area contributed by atoms with Crippen LogP contribution in [0.5, 0.6) is 0 Å². The predicted molar refractivity (Wildman–Crippen MR) is 190 cm³/mol. The quantitative estimate of drug-likeness (QED) is 0.225. The van der Waals surface area contributed by atoms with Crippen LogP contribution in [0.15, 0.2) is 114 Å². The lowest BCUT2D eigenvalue weighted by Gasteiger charge is -2.28. The summed E-state index contributed by atoms with van der Waals surface area (Å²) in [6.07, 6.45) is 13.4. The van der Waals surface area contributed by atoms with Crippen LogP contribution in [0, 0.1) is 6.92 Å². The molecular formula is C41H47NO3S. The van der Waals surface area contributed by atoms with Gasteiger partial charge in [-0.15, -0.1) is 0 Å². The fraction of sp³-hybridized carbons (Fsp3) is 0.341. The summed E-state index contributed by atoms with van der Waals surface area (Å²) in [4.78, 5) is 15.0. The fourth-order valence-corrected chi connectivity index (χ4v) is 7.89. The highest BCUT2D eigenvalue weighted by Crippen LogP contribution is 2.35. The number of aryl methyl sites for hydroxylation is 2. The highest BCUT2D eigenvalue weighted by molar-refractivity contribution is 7.89. The van der Waals surface area contributed by atoms with E-state index < -0.39 is 15.9 Å². The summed E-state index contributed by atoms with van der Waals surface area (Å²) in [7, 11) is -4.07. The number of amides is 1. The van der Waals surface area contributed by atoms with Crippen molar-refractivity contribution in [3.05, 3.63) is 137 Å². The van der Waals surface area contributed by atoms with Crippen molar-refractivity contribution in [2.75, 3.05) is 6.54 Å². The highest BCUT2D eigenvalue weighted by Gasteiger charge is 2.35. The number of hydrogen-bond donors (Lipinski definition) is 0. The van der Waals surface area contributed by atoms with E-state index in [0.717, 1.165) is 59.9 Å². The number of allylic oxidation sites excluding steroid dienone is 1. The van der Waals surface area contributed by atoms with Crippen LogP contribution < -0.4 is 0 Å². The van der Waals surface area contributed by atoms with Gasteiger partial charge in [-0.05, 0) is 72.6 Å². The van der Waals surface area contributed by atoms with E-state index in [1.807, 2.05) is 55.5 Å². The maximum Gasteiger partial charge on any atom is 0.266 e. The summed E-state index contributed by atoms with van der Waals surface area (Å²) in [6, 6.07) is 35.3. The Kier molecular flexibility index (Phi) is 12.0. The Balaban J connectivity index is 1.62. The molecule has 0 fully saturated rings. The second-order valence-electron chi connectivity index (χ2n) is 12.6. The third-order valence-electron chi connectivity index (χ3n) is 9.12. The number of carbonyl (C=O) groups excluding carboxylic acids is 1. The summed E-state index contributed by atoms with van der Waals surface area (Å²) >= 11 is 0. The first-order valence-corrected chi connectivity index (χ1v) is 18.4. The predicted octanol–water partition coefficient (Wildman–Crippen LogP) is 9.99.